The molecule has 590 valence electrons. The number of carbonyl (C=O) groups excluding carboxylic acids is 12. The number of aryl methyl sites for hydroxylation is 3. The Morgan fingerprint density at radius 3 is 1.16 bits per heavy atom. The Balaban J connectivity index is 0.000000136. The molecule has 0 aliphatic carbocycles. The van der Waals surface area contributed by atoms with Gasteiger partial charge in [-0.1, -0.05) is 83.3 Å². The van der Waals surface area contributed by atoms with Crippen molar-refractivity contribution in [3.8, 4) is 0 Å². The molecule has 6 aromatic carbocycles. The van der Waals surface area contributed by atoms with Crippen molar-refractivity contribution < 1.29 is 75.7 Å². The average molecular weight is 1700 g/mol. The summed E-state index contributed by atoms with van der Waals surface area (Å²) in [5.41, 5.74) is 4.12. The van der Waals surface area contributed by atoms with Crippen LogP contribution in [0.2, 0.25) is 15.1 Å². The number of halogens is 3. The molecule has 5 aromatic heterocycles. The van der Waals surface area contributed by atoms with Gasteiger partial charge in [0.15, 0.2) is 15.3 Å². The average Bonchev–Trinajstić information content (AvgIpc) is 0.993. The topological polar surface area (TPSA) is 374 Å². The maximum absolute atomic E-state index is 12.9. The van der Waals surface area contributed by atoms with Gasteiger partial charge < -0.3 is 22.4 Å². The van der Waals surface area contributed by atoms with E-state index in [2.05, 4.69) is 26.6 Å². The summed E-state index contributed by atoms with van der Waals surface area (Å²) in [6.07, 6.45) is 13.4. The first-order valence-electron chi connectivity index (χ1n) is 34.4. The SMILES string of the molecule is Cc1cccc(N2C(=O)NC(=O)/C(=C\c3cccn3C)C2=O)c1.Cn1cccc1/C=C1/C(=O)NC(=S)N(c2ccc(Cl)cc2)C1=O.O=C1NC(=O)N(c2cccc3ccccc23)C(=O)/C1=C\c1ccco1.O=C1NC(=S)N(c2ccc(Cl)cc2)C(=O)/C1=C/c1ccco1.O=C1NC(=S)N(c2ccc(Cl)cc2)C(=O)/C1=C\c1ccc([N+](=O)[O-])o1. The number of thiocarbonyl (C=S) groups is 3. The number of hydrogen-bond donors (Lipinski definition) is 5. The van der Waals surface area contributed by atoms with Gasteiger partial charge in [-0.2, -0.15) is 0 Å². The second-order valence-electron chi connectivity index (χ2n) is 25.1. The molecule has 5 aliphatic rings. The molecule has 0 unspecified atom stereocenters. The molecule has 5 saturated heterocycles. The second-order valence-corrected chi connectivity index (χ2v) is 27.6. The number of carbonyl (C=O) groups is 12. The molecule has 36 heteroatoms. The van der Waals surface area contributed by atoms with Crippen LogP contribution in [0.1, 0.15) is 34.2 Å². The summed E-state index contributed by atoms with van der Waals surface area (Å²) in [6, 6.07) is 53.9. The van der Waals surface area contributed by atoms with Crippen LogP contribution in [0.3, 0.4) is 0 Å². The Morgan fingerprint density at radius 2 is 0.763 bits per heavy atom. The number of aromatic nitrogens is 2. The third-order valence-electron chi connectivity index (χ3n) is 17.3. The molecule has 0 saturated carbocycles. The van der Waals surface area contributed by atoms with Gasteiger partial charge in [-0.05, 0) is 230 Å². The van der Waals surface area contributed by atoms with E-state index < -0.39 is 81.9 Å². The molecular formula is C82H56Cl3N13O17S3. The number of amides is 14. The van der Waals surface area contributed by atoms with E-state index in [1.165, 1.54) is 46.6 Å². The van der Waals surface area contributed by atoms with Gasteiger partial charge in [0, 0.05) is 58.3 Å². The van der Waals surface area contributed by atoms with Crippen LogP contribution in [-0.4, -0.2) is 101 Å². The number of nitrogens with one attached hydrogen (secondary N) is 5. The zero-order valence-electron chi connectivity index (χ0n) is 61.1. The minimum atomic E-state index is -0.775. The molecule has 5 N–H and O–H groups in total. The highest BCUT2D eigenvalue weighted by Crippen LogP contribution is 2.33. The molecule has 11 aromatic rings. The summed E-state index contributed by atoms with van der Waals surface area (Å²) < 4.78 is 18.8. The lowest BCUT2D eigenvalue weighted by atomic mass is 10.1. The van der Waals surface area contributed by atoms with E-state index in [1.807, 2.05) is 73.3 Å². The maximum Gasteiger partial charge on any atom is 0.433 e. The van der Waals surface area contributed by atoms with Gasteiger partial charge >= 0.3 is 17.9 Å². The van der Waals surface area contributed by atoms with Gasteiger partial charge in [0.05, 0.1) is 47.0 Å². The lowest BCUT2D eigenvalue weighted by molar-refractivity contribution is -0.402. The van der Waals surface area contributed by atoms with E-state index in [0.717, 1.165) is 48.9 Å². The Morgan fingerprint density at radius 1 is 0.381 bits per heavy atom. The van der Waals surface area contributed by atoms with Crippen LogP contribution in [0.5, 0.6) is 0 Å². The summed E-state index contributed by atoms with van der Waals surface area (Å²) in [7, 11) is 3.64. The van der Waals surface area contributed by atoms with Crippen molar-refractivity contribution in [2.24, 2.45) is 14.1 Å². The number of furan rings is 3. The molecule has 30 nitrogen and oxygen atoms in total. The lowest BCUT2D eigenvalue weighted by Crippen LogP contribution is -2.54. The molecule has 0 atom stereocenters. The van der Waals surface area contributed by atoms with Crippen molar-refractivity contribution >= 4 is 233 Å². The van der Waals surface area contributed by atoms with Crippen LogP contribution in [0.25, 0.3) is 41.2 Å². The maximum atomic E-state index is 12.9. The van der Waals surface area contributed by atoms with Crippen molar-refractivity contribution in [3.63, 3.8) is 0 Å². The minimum Gasteiger partial charge on any atom is -0.465 e. The van der Waals surface area contributed by atoms with E-state index in [-0.39, 0.29) is 49.0 Å². The van der Waals surface area contributed by atoms with Gasteiger partial charge in [-0.3, -0.25) is 99.3 Å². The first kappa shape index (κ1) is 82.7. The second kappa shape index (κ2) is 36.2. The van der Waals surface area contributed by atoms with Crippen LogP contribution < -0.4 is 51.1 Å². The zero-order valence-corrected chi connectivity index (χ0v) is 65.8. The van der Waals surface area contributed by atoms with Crippen LogP contribution in [0, 0.1) is 17.0 Å². The summed E-state index contributed by atoms with van der Waals surface area (Å²) in [6.45, 7) is 1.86. The number of nitrogens with zero attached hydrogens (tertiary/aromatic N) is 8. The van der Waals surface area contributed by atoms with Gasteiger partial charge in [0.2, 0.25) is 0 Å². The fraction of sp³-hybridized carbons (Fsp3) is 0.0366. The van der Waals surface area contributed by atoms with Gasteiger partial charge in [-0.25, -0.2) is 19.4 Å². The molecule has 118 heavy (non-hydrogen) atoms. The normalized spacial score (nSPS) is 16.7. The number of anilines is 5. The molecule has 14 amide bonds. The molecule has 16 rings (SSSR count). The number of rotatable bonds is 11. The minimum absolute atomic E-state index is 0.00549. The fourth-order valence-corrected chi connectivity index (χ4v) is 12.8. The fourth-order valence-electron chi connectivity index (χ4n) is 11.6. The van der Waals surface area contributed by atoms with Crippen LogP contribution >= 0.6 is 71.5 Å². The summed E-state index contributed by atoms with van der Waals surface area (Å²) in [5, 5.41) is 25.7. The molecule has 0 spiro atoms. The van der Waals surface area contributed by atoms with E-state index in [9.17, 15) is 67.6 Å². The summed E-state index contributed by atoms with van der Waals surface area (Å²) in [4.78, 5) is 164. The predicted octanol–water partition coefficient (Wildman–Crippen LogP) is 13.0. The van der Waals surface area contributed by atoms with Gasteiger partial charge in [-0.15, -0.1) is 0 Å². The van der Waals surface area contributed by atoms with Crippen molar-refractivity contribution in [2.75, 3.05) is 24.5 Å². The molecule has 5 fully saturated rings. The Labute approximate surface area is 698 Å². The molecular weight excluding hydrogens is 1640 g/mol. The first-order valence-corrected chi connectivity index (χ1v) is 36.8. The highest BCUT2D eigenvalue weighted by molar-refractivity contribution is 7.81. The standard InChI is InChI=1S/C19H12N2O4.C17H15N3O3.C16H12ClN3O2S.C15H8ClN3O5S.C15H9ClN2O3S/c22-17-15(11-13-7-4-10-25-13)18(23)21(19(24)20-17)16-9-3-6-12-5-1-2-8-14(12)16;1-11-5-3-6-13(9-11)20-16(22)14(15(21)18-17(20)23)10-12-7-4-8-19(12)2;1-19-8-2-3-12(19)9-13-14(21)18-16(23)20(15(13)22)11-6-4-10(17)5-7-11;16-8-1-3-9(4-2-8)18-14(21)11(13(20)17-15(18)25)7-10-5-6-12(24-10)19(22)23;16-9-3-5-10(6-4-9)18-14(20)12(13(19)17-15(18)22)8-11-2-1-7-21-11/h1-11H,(H,20,22,24);3-10H,1-2H3,(H,18,21,23);2-9H,1H3,(H,18,21,23);1-7H,(H,17,20,25);1-8H,(H,17,19,22)/b15-11-;14-10+;13-9-;11-7-;12-8+. The number of benzene rings is 6. The first-order chi connectivity index (χ1) is 56.5. The Kier molecular flexibility index (Phi) is 25.4. The number of hydrogen-bond acceptors (Lipinski definition) is 20. The van der Waals surface area contributed by atoms with E-state index in [4.69, 9.17) is 84.7 Å². The predicted molar refractivity (Wildman–Crippen MR) is 450 cm³/mol. The third kappa shape index (κ3) is 18.7. The number of barbiturate groups is 2. The van der Waals surface area contributed by atoms with E-state index >= 15 is 0 Å². The number of fused-ring (bicyclic) bond motifs is 1. The molecule has 0 bridgehead atoms. The van der Waals surface area contributed by atoms with Crippen LogP contribution in [0.15, 0.2) is 266 Å². The highest BCUT2D eigenvalue weighted by Gasteiger charge is 2.41. The van der Waals surface area contributed by atoms with Crippen molar-refractivity contribution in [1.82, 2.24) is 35.7 Å². The quantitative estimate of drug-likeness (QED) is 0.0264. The van der Waals surface area contributed by atoms with Crippen LogP contribution in [-0.2, 0) is 62.0 Å². The third-order valence-corrected chi connectivity index (χ3v) is 18.9. The Hall–Kier alpha value is -14.7. The van der Waals surface area contributed by atoms with Crippen LogP contribution in [0.4, 0.5) is 43.9 Å². The molecule has 5 aliphatic heterocycles. The molecule has 10 heterocycles. The zero-order chi connectivity index (χ0) is 84.3. The van der Waals surface area contributed by atoms with Crippen molar-refractivity contribution in [1.29, 1.82) is 0 Å². The monoisotopic (exact) mass is 1700 g/mol. The number of nitro groups is 1. The summed E-state index contributed by atoms with van der Waals surface area (Å²) >= 11 is 32.8. The van der Waals surface area contributed by atoms with Crippen molar-refractivity contribution in [2.45, 2.75) is 6.92 Å². The highest BCUT2D eigenvalue weighted by atomic mass is 35.5. The summed E-state index contributed by atoms with van der Waals surface area (Å²) in [5.74, 6) is -5.98. The van der Waals surface area contributed by atoms with E-state index in [0.29, 0.717) is 60.7 Å². The largest absolute Gasteiger partial charge is 0.465 e. The number of urea groups is 2. The lowest BCUT2D eigenvalue weighted by Gasteiger charge is -2.28. The molecule has 0 radical (unpaired) electrons. The van der Waals surface area contributed by atoms with Gasteiger partial charge in [0.25, 0.3) is 59.1 Å². The Bertz CT molecular complexity index is 6160. The smallest absolute Gasteiger partial charge is 0.433 e. The van der Waals surface area contributed by atoms with Crippen molar-refractivity contribution in [3.05, 3.63) is 312 Å². The van der Waals surface area contributed by atoms with E-state index in [1.54, 1.807) is 163 Å². The number of imide groups is 4. The van der Waals surface area contributed by atoms with Gasteiger partial charge in [0.1, 0.15) is 50.1 Å².